The molecule has 1 N–H and O–H groups in total. The minimum absolute atomic E-state index is 0.0203. The van der Waals surface area contributed by atoms with Crippen molar-refractivity contribution < 1.29 is 22.0 Å². The molecule has 1 aromatic carbocycles. The van der Waals surface area contributed by atoms with Crippen LogP contribution in [0.25, 0.3) is 0 Å². The molecule has 0 spiro atoms. The Morgan fingerprint density at radius 1 is 1.33 bits per heavy atom. The van der Waals surface area contributed by atoms with Crippen LogP contribution in [0, 0.1) is 11.6 Å². The summed E-state index contributed by atoms with van der Waals surface area (Å²) in [6, 6.07) is 2.69. The number of anilines is 1. The lowest BCUT2D eigenvalue weighted by atomic mass is 10.1. The third-order valence-corrected chi connectivity index (χ3v) is 4.08. The van der Waals surface area contributed by atoms with Gasteiger partial charge in [-0.05, 0) is 19.1 Å². The first-order chi connectivity index (χ1) is 9.70. The smallest absolute Gasteiger partial charge is 0.319 e. The lowest BCUT2D eigenvalue weighted by Crippen LogP contribution is -2.30. The lowest BCUT2D eigenvalue weighted by molar-refractivity contribution is -0.112. The molecular formula is C12H11F2N3O3S. The average molecular weight is 315 g/mol. The Morgan fingerprint density at radius 3 is 2.62 bits per heavy atom. The van der Waals surface area contributed by atoms with Crippen molar-refractivity contribution in [3.05, 3.63) is 41.6 Å². The fourth-order valence-electron chi connectivity index (χ4n) is 1.63. The highest BCUT2D eigenvalue weighted by Crippen LogP contribution is 2.19. The molecule has 1 aliphatic heterocycles. The number of hydrogen-bond donors (Lipinski definition) is 1. The molecule has 2 rings (SSSR count). The Morgan fingerprint density at radius 2 is 2.00 bits per heavy atom. The SMILES string of the molecule is CC1=NS(=O)(=O)N(C)C=C1C(=O)Nc1ccc(F)cc1F. The number of nitrogens with zero attached hydrogens (tertiary/aromatic N) is 2. The van der Waals surface area contributed by atoms with Crippen molar-refractivity contribution >= 4 is 27.5 Å². The second kappa shape index (κ2) is 5.24. The second-order valence-corrected chi connectivity index (χ2v) is 5.95. The molecule has 0 aromatic heterocycles. The van der Waals surface area contributed by atoms with Crippen LogP contribution in [0.3, 0.4) is 0 Å². The highest BCUT2D eigenvalue weighted by atomic mass is 32.2. The van der Waals surface area contributed by atoms with Gasteiger partial charge in [-0.3, -0.25) is 9.10 Å². The monoisotopic (exact) mass is 315 g/mol. The first-order valence-electron chi connectivity index (χ1n) is 5.74. The zero-order chi connectivity index (χ0) is 15.8. The standard InChI is InChI=1S/C12H11F2N3O3S/c1-7-9(6-17(2)21(19,20)16-7)12(18)15-11-4-3-8(13)5-10(11)14/h3-6H,1-2H3,(H,15,18). The van der Waals surface area contributed by atoms with Crippen molar-refractivity contribution in [2.75, 3.05) is 12.4 Å². The van der Waals surface area contributed by atoms with Gasteiger partial charge >= 0.3 is 10.2 Å². The van der Waals surface area contributed by atoms with Crippen LogP contribution in [0.4, 0.5) is 14.5 Å². The van der Waals surface area contributed by atoms with E-state index < -0.39 is 27.8 Å². The molecule has 0 fully saturated rings. The number of hydrogen-bond acceptors (Lipinski definition) is 3. The molecule has 1 aliphatic rings. The maximum atomic E-state index is 13.5. The molecular weight excluding hydrogens is 304 g/mol. The van der Waals surface area contributed by atoms with Crippen LogP contribution < -0.4 is 5.32 Å². The van der Waals surface area contributed by atoms with Gasteiger partial charge in [0.05, 0.1) is 17.0 Å². The van der Waals surface area contributed by atoms with Crippen LogP contribution in [0.2, 0.25) is 0 Å². The molecule has 21 heavy (non-hydrogen) atoms. The minimum atomic E-state index is -3.82. The normalized spacial score (nSPS) is 17.0. The van der Waals surface area contributed by atoms with Crippen molar-refractivity contribution in [3.63, 3.8) is 0 Å². The van der Waals surface area contributed by atoms with Crippen molar-refractivity contribution in [1.29, 1.82) is 0 Å². The third-order valence-electron chi connectivity index (χ3n) is 2.74. The van der Waals surface area contributed by atoms with Crippen molar-refractivity contribution in [2.45, 2.75) is 6.92 Å². The number of amides is 1. The Labute approximate surface area is 120 Å². The number of nitrogens with one attached hydrogen (secondary N) is 1. The summed E-state index contributed by atoms with van der Waals surface area (Å²) in [5.74, 6) is -2.45. The first-order valence-corrected chi connectivity index (χ1v) is 7.13. The van der Waals surface area contributed by atoms with Crippen molar-refractivity contribution in [3.8, 4) is 0 Å². The van der Waals surface area contributed by atoms with Crippen molar-refractivity contribution in [1.82, 2.24) is 4.31 Å². The van der Waals surface area contributed by atoms with E-state index in [2.05, 4.69) is 9.71 Å². The summed E-state index contributed by atoms with van der Waals surface area (Å²) in [5.41, 5.74) is -0.268. The van der Waals surface area contributed by atoms with Gasteiger partial charge in [0.25, 0.3) is 5.91 Å². The Bertz CT molecular complexity index is 772. The third kappa shape index (κ3) is 3.07. The summed E-state index contributed by atoms with van der Waals surface area (Å²) in [5, 5.41) is 2.23. The number of carbonyl (C=O) groups excluding carboxylic acids is 1. The van der Waals surface area contributed by atoms with Gasteiger partial charge in [0.2, 0.25) is 0 Å². The Hall–Kier alpha value is -2.29. The van der Waals surface area contributed by atoms with E-state index in [1.165, 1.54) is 14.0 Å². The predicted octanol–water partition coefficient (Wildman–Crippen LogP) is 1.44. The van der Waals surface area contributed by atoms with Gasteiger partial charge in [0.1, 0.15) is 11.6 Å². The summed E-state index contributed by atoms with van der Waals surface area (Å²) in [4.78, 5) is 12.0. The van der Waals surface area contributed by atoms with Gasteiger partial charge in [-0.25, -0.2) is 8.78 Å². The molecule has 6 nitrogen and oxygen atoms in total. The molecule has 0 saturated heterocycles. The van der Waals surface area contributed by atoms with E-state index in [-0.39, 0.29) is 17.0 Å². The number of carbonyl (C=O) groups is 1. The van der Waals surface area contributed by atoms with Gasteiger partial charge in [0, 0.05) is 19.3 Å². The van der Waals surface area contributed by atoms with Crippen LogP contribution in [0.5, 0.6) is 0 Å². The van der Waals surface area contributed by atoms with Crippen LogP contribution in [0.15, 0.2) is 34.4 Å². The van der Waals surface area contributed by atoms with Gasteiger partial charge in [-0.15, -0.1) is 4.40 Å². The van der Waals surface area contributed by atoms with Crippen LogP contribution in [-0.4, -0.2) is 31.4 Å². The lowest BCUT2D eigenvalue weighted by Gasteiger charge is -2.19. The predicted molar refractivity (Wildman–Crippen MR) is 72.9 cm³/mol. The molecule has 0 atom stereocenters. The van der Waals surface area contributed by atoms with E-state index in [4.69, 9.17) is 0 Å². The average Bonchev–Trinajstić information content (AvgIpc) is 2.36. The maximum absolute atomic E-state index is 13.5. The zero-order valence-electron chi connectivity index (χ0n) is 11.1. The highest BCUT2D eigenvalue weighted by molar-refractivity contribution is 7.88. The molecule has 0 unspecified atom stereocenters. The molecule has 0 radical (unpaired) electrons. The summed E-state index contributed by atoms with van der Waals surface area (Å²) in [7, 11) is -2.60. The molecule has 9 heteroatoms. The zero-order valence-corrected chi connectivity index (χ0v) is 11.9. The Kier molecular flexibility index (Phi) is 3.77. The summed E-state index contributed by atoms with van der Waals surface area (Å²) in [6.07, 6.45) is 1.08. The second-order valence-electron chi connectivity index (χ2n) is 4.29. The molecule has 0 bridgehead atoms. The largest absolute Gasteiger partial charge is 0.344 e. The topological polar surface area (TPSA) is 78.8 Å². The fourth-order valence-corrected chi connectivity index (χ4v) is 2.44. The van der Waals surface area contributed by atoms with E-state index >= 15 is 0 Å². The van der Waals surface area contributed by atoms with E-state index in [1.807, 2.05) is 0 Å². The Balaban J connectivity index is 2.27. The van der Waals surface area contributed by atoms with Crippen LogP contribution in [0.1, 0.15) is 6.92 Å². The van der Waals surface area contributed by atoms with Gasteiger partial charge in [0.15, 0.2) is 0 Å². The molecule has 0 saturated carbocycles. The first kappa shape index (κ1) is 15.1. The number of benzene rings is 1. The van der Waals surface area contributed by atoms with Gasteiger partial charge in [-0.2, -0.15) is 8.42 Å². The van der Waals surface area contributed by atoms with Gasteiger partial charge < -0.3 is 5.32 Å². The summed E-state index contributed by atoms with van der Waals surface area (Å²) in [6.45, 7) is 1.34. The fraction of sp³-hybridized carbons (Fsp3) is 0.167. The molecule has 112 valence electrons. The maximum Gasteiger partial charge on any atom is 0.344 e. The van der Waals surface area contributed by atoms with Crippen molar-refractivity contribution in [2.24, 2.45) is 4.40 Å². The van der Waals surface area contributed by atoms with E-state index in [9.17, 15) is 22.0 Å². The molecule has 0 aliphatic carbocycles. The van der Waals surface area contributed by atoms with E-state index in [0.717, 1.165) is 22.6 Å². The molecule has 1 aromatic rings. The number of rotatable bonds is 2. The highest BCUT2D eigenvalue weighted by Gasteiger charge is 2.25. The van der Waals surface area contributed by atoms with Crippen LogP contribution in [-0.2, 0) is 15.0 Å². The molecule has 1 heterocycles. The summed E-state index contributed by atoms with van der Waals surface area (Å²) >= 11 is 0. The minimum Gasteiger partial charge on any atom is -0.319 e. The molecule has 1 amide bonds. The van der Waals surface area contributed by atoms with E-state index in [1.54, 1.807) is 0 Å². The number of halogens is 2. The quantitative estimate of drug-likeness (QED) is 0.897. The van der Waals surface area contributed by atoms with Crippen LogP contribution >= 0.6 is 0 Å². The van der Waals surface area contributed by atoms with E-state index in [0.29, 0.717) is 6.07 Å². The van der Waals surface area contributed by atoms with Gasteiger partial charge in [-0.1, -0.05) is 0 Å². The summed E-state index contributed by atoms with van der Waals surface area (Å²) < 4.78 is 53.4.